The molecule has 0 atom stereocenters. The van der Waals surface area contributed by atoms with E-state index >= 15 is 0 Å². The maximum Gasteiger partial charge on any atom is 0.255 e. The molecule has 1 fully saturated rings. The Morgan fingerprint density at radius 2 is 1.53 bits per heavy atom. The first kappa shape index (κ1) is 33.3. The van der Waals surface area contributed by atoms with Crippen LogP contribution in [0.3, 0.4) is 0 Å². The molecule has 1 aromatic heterocycles. The van der Waals surface area contributed by atoms with Crippen molar-refractivity contribution in [1.82, 2.24) is 9.88 Å². The lowest BCUT2D eigenvalue weighted by atomic mass is 9.92. The Kier molecular flexibility index (Phi) is 11.4. The van der Waals surface area contributed by atoms with E-state index in [2.05, 4.69) is 39.5 Å². The van der Waals surface area contributed by atoms with E-state index in [0.717, 1.165) is 31.6 Å². The van der Waals surface area contributed by atoms with Crippen molar-refractivity contribution in [1.29, 1.82) is 0 Å². The van der Waals surface area contributed by atoms with E-state index in [4.69, 9.17) is 10.8 Å². The van der Waals surface area contributed by atoms with Crippen LogP contribution in [0.15, 0.2) is 85.1 Å². The molecule has 0 unspecified atom stereocenters. The van der Waals surface area contributed by atoms with Gasteiger partial charge in [-0.1, -0.05) is 30.3 Å². The van der Waals surface area contributed by atoms with Gasteiger partial charge in [-0.05, 0) is 105 Å². The van der Waals surface area contributed by atoms with Gasteiger partial charge in [0, 0.05) is 60.8 Å². The fourth-order valence-corrected chi connectivity index (χ4v) is 6.07. The van der Waals surface area contributed by atoms with Gasteiger partial charge >= 0.3 is 0 Å². The van der Waals surface area contributed by atoms with Crippen molar-refractivity contribution in [3.8, 4) is 11.3 Å². The van der Waals surface area contributed by atoms with Crippen molar-refractivity contribution in [2.45, 2.75) is 44.9 Å². The molecule has 1 saturated heterocycles. The van der Waals surface area contributed by atoms with Crippen molar-refractivity contribution in [2.75, 3.05) is 43.5 Å². The highest BCUT2D eigenvalue weighted by Gasteiger charge is 2.19. The monoisotopic (exact) mass is 633 g/mol. The van der Waals surface area contributed by atoms with Crippen LogP contribution in [0, 0.1) is 0 Å². The summed E-state index contributed by atoms with van der Waals surface area (Å²) in [5, 5.41) is 12.1. The number of fused-ring (bicyclic) bond motifs is 1. The topological polar surface area (TPSA) is 129 Å². The highest BCUT2D eigenvalue weighted by Crippen LogP contribution is 2.33. The maximum absolute atomic E-state index is 13.2. The normalized spacial score (nSPS) is 13.9. The molecule has 244 valence electrons. The highest BCUT2D eigenvalue weighted by atomic mass is 16.3. The Labute approximate surface area is 276 Å². The van der Waals surface area contributed by atoms with Gasteiger partial charge in [0.05, 0.1) is 18.0 Å². The quantitative estimate of drug-likeness (QED) is 0.228. The van der Waals surface area contributed by atoms with E-state index in [1.807, 2.05) is 18.2 Å². The Bertz CT molecular complexity index is 1690. The predicted octanol–water partition coefficient (Wildman–Crippen LogP) is 5.72. The van der Waals surface area contributed by atoms with Gasteiger partial charge in [-0.3, -0.25) is 19.4 Å². The summed E-state index contributed by atoms with van der Waals surface area (Å²) in [4.78, 5) is 45.8. The van der Waals surface area contributed by atoms with Gasteiger partial charge in [0.1, 0.15) is 0 Å². The molecule has 2 heterocycles. The first-order valence-corrected chi connectivity index (χ1v) is 16.3. The second-order valence-electron chi connectivity index (χ2n) is 12.0. The number of anilines is 2. The number of rotatable bonds is 8. The number of primary amides is 1. The van der Waals surface area contributed by atoms with E-state index in [0.29, 0.717) is 33.6 Å². The van der Waals surface area contributed by atoms with Crippen LogP contribution < -0.4 is 16.0 Å². The summed E-state index contributed by atoms with van der Waals surface area (Å²) < 4.78 is 0. The van der Waals surface area contributed by atoms with Crippen molar-refractivity contribution >= 4 is 29.1 Å². The molecular weight excluding hydrogens is 590 g/mol. The number of piperidine rings is 1. The molecule has 6 rings (SSSR count). The standard InChI is InChI=1S/C28H31N5O4.C10H12/c1-32(14-15-34)28(37)21-7-5-6-20(16-21)27(36)31-24-9-8-22(33-12-3-2-4-13-33)18-23(24)25-17-19(26(29)35)10-11-30-25;1-2-6-10-8-4-3-7-9(10)5-1/h5-11,16-18,34H,2-4,12-15H2,1H3,(H2,29,35)(H,31,36);1-2,5-6H,3-4,7-8H2. The second kappa shape index (κ2) is 16.0. The van der Waals surface area contributed by atoms with E-state index < -0.39 is 11.8 Å². The average Bonchev–Trinajstić information content (AvgIpc) is 3.12. The molecule has 0 spiro atoms. The zero-order chi connectivity index (χ0) is 33.2. The fourth-order valence-electron chi connectivity index (χ4n) is 6.07. The molecule has 1 aliphatic heterocycles. The molecule has 9 nitrogen and oxygen atoms in total. The predicted molar refractivity (Wildman–Crippen MR) is 186 cm³/mol. The molecule has 0 radical (unpaired) electrons. The minimum atomic E-state index is -0.561. The third-order valence-corrected chi connectivity index (χ3v) is 8.71. The molecule has 0 saturated carbocycles. The fraction of sp³-hybridized carbons (Fsp3) is 0.316. The number of likely N-dealkylation sites (N-methyl/N-ethyl adjacent to an activating group) is 1. The number of carbonyl (C=O) groups excluding carboxylic acids is 3. The summed E-state index contributed by atoms with van der Waals surface area (Å²) in [5.74, 6) is -1.24. The first-order chi connectivity index (χ1) is 22.8. The summed E-state index contributed by atoms with van der Waals surface area (Å²) in [6, 6.07) is 24.2. The number of aromatic nitrogens is 1. The van der Waals surface area contributed by atoms with E-state index in [1.54, 1.807) is 48.5 Å². The number of carbonyl (C=O) groups is 3. The van der Waals surface area contributed by atoms with Crippen LogP contribution >= 0.6 is 0 Å². The largest absolute Gasteiger partial charge is 0.395 e. The van der Waals surface area contributed by atoms with Crippen LogP contribution in [0.5, 0.6) is 0 Å². The SMILES string of the molecule is CN(CCO)C(=O)c1cccc(C(=O)Nc2ccc(N3CCCCC3)cc2-c2cc(C(N)=O)ccn2)c1.c1ccc2c(c1)CCCC2. The molecule has 1 aliphatic carbocycles. The summed E-state index contributed by atoms with van der Waals surface area (Å²) in [6.45, 7) is 1.94. The van der Waals surface area contributed by atoms with E-state index in [1.165, 1.54) is 49.3 Å². The minimum absolute atomic E-state index is 0.149. The smallest absolute Gasteiger partial charge is 0.255 e. The number of aryl methyl sites for hydroxylation is 2. The third kappa shape index (κ3) is 8.62. The number of amides is 3. The Hall–Kier alpha value is -5.02. The number of benzene rings is 3. The number of pyridine rings is 1. The number of nitrogens with one attached hydrogen (secondary N) is 1. The molecule has 2 aliphatic rings. The molecule has 3 aromatic carbocycles. The molecule has 0 bridgehead atoms. The van der Waals surface area contributed by atoms with Crippen LogP contribution in [0.1, 0.15) is 74.3 Å². The molecule has 47 heavy (non-hydrogen) atoms. The summed E-state index contributed by atoms with van der Waals surface area (Å²) in [5.41, 5.74) is 12.3. The first-order valence-electron chi connectivity index (χ1n) is 16.3. The van der Waals surface area contributed by atoms with Gasteiger partial charge in [-0.15, -0.1) is 0 Å². The Morgan fingerprint density at radius 3 is 2.21 bits per heavy atom. The van der Waals surface area contributed by atoms with Crippen molar-refractivity contribution < 1.29 is 19.5 Å². The van der Waals surface area contributed by atoms with E-state index in [-0.39, 0.29) is 19.1 Å². The average molecular weight is 634 g/mol. The lowest BCUT2D eigenvalue weighted by molar-refractivity contribution is 0.0766. The van der Waals surface area contributed by atoms with Crippen molar-refractivity contribution in [3.05, 3.63) is 113 Å². The van der Waals surface area contributed by atoms with Gasteiger partial charge in [-0.25, -0.2) is 0 Å². The molecule has 9 heteroatoms. The molecule has 4 aromatic rings. The summed E-state index contributed by atoms with van der Waals surface area (Å²) in [6.07, 6.45) is 10.3. The van der Waals surface area contributed by atoms with Gasteiger partial charge in [0.15, 0.2) is 0 Å². The molecule has 3 amide bonds. The summed E-state index contributed by atoms with van der Waals surface area (Å²) in [7, 11) is 1.59. The van der Waals surface area contributed by atoms with Crippen LogP contribution in [0.25, 0.3) is 11.3 Å². The maximum atomic E-state index is 13.2. The van der Waals surface area contributed by atoms with Gasteiger partial charge in [-0.2, -0.15) is 0 Å². The minimum Gasteiger partial charge on any atom is -0.395 e. The number of hydrogen-bond acceptors (Lipinski definition) is 6. The number of nitrogens with two attached hydrogens (primary N) is 1. The molecular formula is C38H43N5O4. The number of hydrogen-bond donors (Lipinski definition) is 3. The zero-order valence-electron chi connectivity index (χ0n) is 27.0. The highest BCUT2D eigenvalue weighted by molar-refractivity contribution is 6.08. The molecule has 4 N–H and O–H groups in total. The number of nitrogens with zero attached hydrogens (tertiary/aromatic N) is 3. The van der Waals surface area contributed by atoms with Crippen LogP contribution in [-0.2, 0) is 12.8 Å². The second-order valence-corrected chi connectivity index (χ2v) is 12.0. The van der Waals surface area contributed by atoms with Gasteiger partial charge in [0.25, 0.3) is 11.8 Å². The van der Waals surface area contributed by atoms with Crippen molar-refractivity contribution in [2.24, 2.45) is 5.73 Å². The lowest BCUT2D eigenvalue weighted by Gasteiger charge is -2.29. The summed E-state index contributed by atoms with van der Waals surface area (Å²) >= 11 is 0. The van der Waals surface area contributed by atoms with Crippen LogP contribution in [0.4, 0.5) is 11.4 Å². The van der Waals surface area contributed by atoms with Crippen LogP contribution in [-0.4, -0.2) is 66.0 Å². The third-order valence-electron chi connectivity index (χ3n) is 8.71. The van der Waals surface area contributed by atoms with Gasteiger partial charge in [0.2, 0.25) is 5.91 Å². The van der Waals surface area contributed by atoms with E-state index in [9.17, 15) is 14.4 Å². The number of aliphatic hydroxyl groups excluding tert-OH is 1. The zero-order valence-corrected chi connectivity index (χ0v) is 27.0. The number of aliphatic hydroxyl groups is 1. The Balaban J connectivity index is 0.000000365. The van der Waals surface area contributed by atoms with Crippen molar-refractivity contribution in [3.63, 3.8) is 0 Å². The lowest BCUT2D eigenvalue weighted by Crippen LogP contribution is -2.29. The van der Waals surface area contributed by atoms with Crippen LogP contribution in [0.2, 0.25) is 0 Å². The Morgan fingerprint density at radius 1 is 0.830 bits per heavy atom. The van der Waals surface area contributed by atoms with Gasteiger partial charge < -0.3 is 26.0 Å².